The zero-order valence-electron chi connectivity index (χ0n) is 39.6. The summed E-state index contributed by atoms with van der Waals surface area (Å²) >= 11 is 0. The molecule has 0 aliphatic heterocycles. The van der Waals surface area contributed by atoms with Crippen LogP contribution >= 0.6 is 0 Å². The molecule has 6 aromatic carbocycles. The van der Waals surface area contributed by atoms with Crippen LogP contribution in [0, 0.1) is 0 Å². The average Bonchev–Trinajstić information content (AvgIpc) is 3.43. The van der Waals surface area contributed by atoms with Crippen molar-refractivity contribution in [1.29, 1.82) is 0 Å². The summed E-state index contributed by atoms with van der Waals surface area (Å²) in [5.41, 5.74) is 3.19. The SMILES string of the molecule is COC(=O)C(CC(c1ccc(OC)cc1)c1ccc2ccccc2n1)(OCCF)c1ccccc1.COC(=O)C(CC(c1ccc(OC)cc1)c1ccc2ccccc2n1)(OCCF)c1ccccc1. The number of alkyl halides is 2. The Balaban J connectivity index is 0.000000206. The molecular weight excluding hydrogens is 891 g/mol. The number of para-hydroxylation sites is 2. The molecule has 0 aliphatic carbocycles. The lowest BCUT2D eigenvalue weighted by atomic mass is 9.79. The lowest BCUT2D eigenvalue weighted by molar-refractivity contribution is -0.174. The van der Waals surface area contributed by atoms with Gasteiger partial charge in [0.25, 0.3) is 0 Å². The smallest absolute Gasteiger partial charge is 0.342 e. The molecule has 0 saturated heterocycles. The van der Waals surface area contributed by atoms with Crippen LogP contribution in [0.4, 0.5) is 8.78 Å². The first-order valence-electron chi connectivity index (χ1n) is 22.9. The minimum atomic E-state index is -1.53. The molecule has 4 atom stereocenters. The molecule has 0 spiro atoms. The van der Waals surface area contributed by atoms with Crippen molar-refractivity contribution in [1.82, 2.24) is 9.97 Å². The second-order valence-corrected chi connectivity index (χ2v) is 16.4. The van der Waals surface area contributed by atoms with E-state index in [1.165, 1.54) is 14.2 Å². The number of aromatic nitrogens is 2. The maximum Gasteiger partial charge on any atom is 0.342 e. The van der Waals surface area contributed by atoms with Crippen LogP contribution in [0.25, 0.3) is 21.8 Å². The predicted molar refractivity (Wildman–Crippen MR) is 267 cm³/mol. The molecule has 0 amide bonds. The third-order valence-corrected chi connectivity index (χ3v) is 12.3. The molecule has 0 fully saturated rings. The second kappa shape index (κ2) is 24.1. The highest BCUT2D eigenvalue weighted by Gasteiger charge is 2.47. The molecular formula is C58H56F2N2O8. The predicted octanol–water partition coefficient (Wildman–Crippen LogP) is 11.6. The van der Waals surface area contributed by atoms with Gasteiger partial charge >= 0.3 is 11.9 Å². The summed E-state index contributed by atoms with van der Waals surface area (Å²) in [4.78, 5) is 36.5. The Morgan fingerprint density at radius 2 is 0.814 bits per heavy atom. The van der Waals surface area contributed by atoms with E-state index < -0.39 is 36.5 Å². The average molecular weight is 947 g/mol. The minimum Gasteiger partial charge on any atom is -0.497 e. The summed E-state index contributed by atoms with van der Waals surface area (Å²) in [5, 5.41) is 2.03. The Bertz CT molecular complexity index is 2730. The Hall–Kier alpha value is -7.54. The van der Waals surface area contributed by atoms with Gasteiger partial charge in [-0.25, -0.2) is 18.4 Å². The molecule has 4 unspecified atom stereocenters. The number of halogens is 2. The van der Waals surface area contributed by atoms with Gasteiger partial charge in [-0.1, -0.05) is 133 Å². The van der Waals surface area contributed by atoms with Crippen molar-refractivity contribution in [2.24, 2.45) is 0 Å². The Morgan fingerprint density at radius 1 is 0.457 bits per heavy atom. The lowest BCUT2D eigenvalue weighted by Crippen LogP contribution is -2.42. The van der Waals surface area contributed by atoms with E-state index in [9.17, 15) is 18.4 Å². The third kappa shape index (κ3) is 11.5. The Kier molecular flexibility index (Phi) is 17.4. The first-order valence-corrected chi connectivity index (χ1v) is 22.9. The van der Waals surface area contributed by atoms with Gasteiger partial charge in [-0.15, -0.1) is 0 Å². The van der Waals surface area contributed by atoms with Gasteiger partial charge in [-0.05, 0) is 70.8 Å². The monoisotopic (exact) mass is 946 g/mol. The molecule has 0 N–H and O–H groups in total. The standard InChI is InChI=1S/2C29H28FNO4/c2*1-33-24-15-12-21(13-16-24)25(27-17-14-22-8-6-7-11-26(22)31-27)20-29(28(32)34-2,35-19-18-30)23-9-4-3-5-10-23/h2*3-17,25H,18-20H2,1-2H3. The van der Waals surface area contributed by atoms with Crippen LogP contribution in [0.3, 0.4) is 0 Å². The molecule has 360 valence electrons. The van der Waals surface area contributed by atoms with Gasteiger partial charge in [0.05, 0.1) is 52.7 Å². The first kappa shape index (κ1) is 50.3. The number of hydrogen-bond donors (Lipinski definition) is 0. The Labute approximate surface area is 407 Å². The maximum absolute atomic E-state index is 13.3. The molecule has 70 heavy (non-hydrogen) atoms. The second-order valence-electron chi connectivity index (χ2n) is 16.4. The number of fused-ring (bicyclic) bond motifs is 2. The quantitative estimate of drug-likeness (QED) is 0.0684. The molecule has 0 aliphatic rings. The lowest BCUT2D eigenvalue weighted by Gasteiger charge is -2.34. The van der Waals surface area contributed by atoms with Crippen LogP contribution in [0.15, 0.2) is 182 Å². The van der Waals surface area contributed by atoms with Crippen molar-refractivity contribution in [3.8, 4) is 11.5 Å². The highest BCUT2D eigenvalue weighted by Crippen LogP contribution is 2.43. The van der Waals surface area contributed by atoms with Gasteiger partial charge in [0, 0.05) is 46.8 Å². The van der Waals surface area contributed by atoms with Gasteiger partial charge in [-0.3, -0.25) is 9.97 Å². The number of hydrogen-bond acceptors (Lipinski definition) is 10. The number of esters is 2. The van der Waals surface area contributed by atoms with Gasteiger partial charge in [0.1, 0.15) is 24.8 Å². The van der Waals surface area contributed by atoms with Crippen molar-refractivity contribution in [3.63, 3.8) is 0 Å². The van der Waals surface area contributed by atoms with Crippen molar-refractivity contribution < 1.29 is 46.8 Å². The summed E-state index contributed by atoms with van der Waals surface area (Å²) in [7, 11) is 5.85. The highest BCUT2D eigenvalue weighted by atomic mass is 19.1. The van der Waals surface area contributed by atoms with Gasteiger partial charge in [0.15, 0.2) is 11.2 Å². The van der Waals surface area contributed by atoms with Crippen LogP contribution in [0.2, 0.25) is 0 Å². The number of carbonyl (C=O) groups is 2. The Morgan fingerprint density at radius 3 is 1.16 bits per heavy atom. The fourth-order valence-electron chi connectivity index (χ4n) is 8.80. The van der Waals surface area contributed by atoms with E-state index in [0.717, 1.165) is 55.8 Å². The molecule has 10 nitrogen and oxygen atoms in total. The fraction of sp³-hybridized carbons (Fsp3) is 0.241. The third-order valence-electron chi connectivity index (χ3n) is 12.3. The van der Waals surface area contributed by atoms with Crippen molar-refractivity contribution in [2.45, 2.75) is 35.9 Å². The number of carbonyl (C=O) groups excluding carboxylic acids is 2. The van der Waals surface area contributed by atoms with E-state index in [-0.39, 0.29) is 37.9 Å². The number of methoxy groups -OCH3 is 4. The fourth-order valence-corrected chi connectivity index (χ4v) is 8.80. The number of benzene rings is 6. The van der Waals surface area contributed by atoms with E-state index in [4.69, 9.17) is 38.4 Å². The van der Waals surface area contributed by atoms with Crippen LogP contribution in [-0.4, -0.2) is 76.9 Å². The topological polar surface area (TPSA) is 115 Å². The summed E-state index contributed by atoms with van der Waals surface area (Å²) in [6, 6.07) is 57.1. The number of pyridine rings is 2. The zero-order valence-corrected chi connectivity index (χ0v) is 39.6. The van der Waals surface area contributed by atoms with Crippen molar-refractivity contribution in [3.05, 3.63) is 216 Å². The van der Waals surface area contributed by atoms with Crippen molar-refractivity contribution in [2.75, 3.05) is 55.0 Å². The molecule has 8 aromatic rings. The molecule has 2 aromatic heterocycles. The van der Waals surface area contributed by atoms with E-state index in [1.54, 1.807) is 38.5 Å². The van der Waals surface area contributed by atoms with E-state index >= 15 is 0 Å². The minimum absolute atomic E-state index is 0.168. The summed E-state index contributed by atoms with van der Waals surface area (Å²) in [6.45, 7) is -1.95. The number of ether oxygens (including phenoxy) is 6. The van der Waals surface area contributed by atoms with Gasteiger partial charge in [-0.2, -0.15) is 0 Å². The van der Waals surface area contributed by atoms with Crippen LogP contribution in [0.1, 0.15) is 58.3 Å². The molecule has 0 saturated carbocycles. The van der Waals surface area contributed by atoms with Crippen molar-refractivity contribution >= 4 is 33.7 Å². The van der Waals surface area contributed by atoms with E-state index in [2.05, 4.69) is 0 Å². The van der Waals surface area contributed by atoms with Crippen LogP contribution in [-0.2, 0) is 39.7 Å². The van der Waals surface area contributed by atoms with Crippen LogP contribution < -0.4 is 9.47 Å². The summed E-state index contributed by atoms with van der Waals surface area (Å²) < 4.78 is 59.8. The molecule has 0 bridgehead atoms. The number of rotatable bonds is 20. The number of nitrogens with zero attached hydrogens (tertiary/aromatic N) is 2. The van der Waals surface area contributed by atoms with E-state index in [1.807, 2.05) is 158 Å². The molecule has 8 rings (SSSR count). The van der Waals surface area contributed by atoms with Gasteiger partial charge < -0.3 is 28.4 Å². The summed E-state index contributed by atoms with van der Waals surface area (Å²) in [5.74, 6) is -0.452. The van der Waals surface area contributed by atoms with Gasteiger partial charge in [0.2, 0.25) is 0 Å². The molecule has 0 radical (unpaired) electrons. The maximum atomic E-state index is 13.3. The van der Waals surface area contributed by atoms with Crippen LogP contribution in [0.5, 0.6) is 11.5 Å². The largest absolute Gasteiger partial charge is 0.497 e. The summed E-state index contributed by atoms with van der Waals surface area (Å²) in [6.07, 6.45) is 0.336. The highest BCUT2D eigenvalue weighted by molar-refractivity contribution is 5.83. The normalized spacial score (nSPS) is 13.7. The molecule has 2 heterocycles. The zero-order chi connectivity index (χ0) is 49.4. The molecule has 12 heteroatoms. The first-order chi connectivity index (χ1) is 34.2. The van der Waals surface area contributed by atoms with E-state index in [0.29, 0.717) is 11.1 Å².